The molecule has 0 saturated heterocycles. The van der Waals surface area contributed by atoms with Gasteiger partial charge in [0.05, 0.1) is 5.69 Å². The van der Waals surface area contributed by atoms with Crippen molar-refractivity contribution in [3.63, 3.8) is 0 Å². The number of aromatic nitrogens is 1. The van der Waals surface area contributed by atoms with E-state index < -0.39 is 6.10 Å². The third-order valence-corrected chi connectivity index (χ3v) is 2.64. The number of ether oxygens (including phenoxy) is 1. The van der Waals surface area contributed by atoms with Gasteiger partial charge in [-0.25, -0.2) is 0 Å². The number of hydrogen-bond acceptors (Lipinski definition) is 5. The molecule has 1 aromatic carbocycles. The van der Waals surface area contributed by atoms with Gasteiger partial charge in [0, 0.05) is 19.2 Å². The van der Waals surface area contributed by atoms with E-state index in [0.29, 0.717) is 13.1 Å². The lowest BCUT2D eigenvalue weighted by molar-refractivity contribution is 0.106. The largest absolute Gasteiger partial charge is 0.491 e. The fraction of sp³-hybridized carbons (Fsp3) is 0.357. The van der Waals surface area contributed by atoms with Crippen molar-refractivity contribution in [2.75, 3.05) is 13.2 Å². The van der Waals surface area contributed by atoms with Crippen molar-refractivity contribution in [2.45, 2.75) is 19.6 Å². The molecule has 102 valence electrons. The predicted molar refractivity (Wildman–Crippen MR) is 70.9 cm³/mol. The van der Waals surface area contributed by atoms with Gasteiger partial charge in [-0.3, -0.25) is 0 Å². The van der Waals surface area contributed by atoms with Gasteiger partial charge in [-0.2, -0.15) is 0 Å². The van der Waals surface area contributed by atoms with Crippen LogP contribution in [0.2, 0.25) is 0 Å². The van der Waals surface area contributed by atoms with Crippen LogP contribution in [-0.4, -0.2) is 29.5 Å². The number of rotatable bonds is 7. The van der Waals surface area contributed by atoms with Crippen LogP contribution in [0.15, 0.2) is 41.1 Å². The smallest absolute Gasteiger partial charge is 0.124 e. The summed E-state index contributed by atoms with van der Waals surface area (Å²) in [4.78, 5) is 0. The van der Waals surface area contributed by atoms with E-state index in [-0.39, 0.29) is 6.61 Å². The first-order valence-electron chi connectivity index (χ1n) is 6.21. The maximum atomic E-state index is 9.76. The molecule has 0 amide bonds. The monoisotopic (exact) mass is 262 g/mol. The molecule has 1 unspecified atom stereocenters. The Kier molecular flexibility index (Phi) is 4.94. The van der Waals surface area contributed by atoms with Gasteiger partial charge in [0.2, 0.25) is 0 Å². The zero-order valence-electron chi connectivity index (χ0n) is 10.9. The SMILES string of the molecule is Cc1ccc(OCC(O)CNCc2ccon2)cc1. The minimum absolute atomic E-state index is 0.259. The first-order valence-corrected chi connectivity index (χ1v) is 6.21. The second kappa shape index (κ2) is 6.92. The van der Waals surface area contributed by atoms with E-state index in [1.807, 2.05) is 31.2 Å². The highest BCUT2D eigenvalue weighted by atomic mass is 16.5. The van der Waals surface area contributed by atoms with Crippen molar-refractivity contribution in [1.29, 1.82) is 0 Å². The molecular formula is C14H18N2O3. The van der Waals surface area contributed by atoms with E-state index in [4.69, 9.17) is 9.26 Å². The van der Waals surface area contributed by atoms with Crippen molar-refractivity contribution in [3.8, 4) is 5.75 Å². The molecule has 0 aliphatic carbocycles. The topological polar surface area (TPSA) is 67.5 Å². The molecule has 2 rings (SSSR count). The van der Waals surface area contributed by atoms with Crippen LogP contribution in [-0.2, 0) is 6.54 Å². The Balaban J connectivity index is 1.64. The fourth-order valence-electron chi connectivity index (χ4n) is 1.58. The second-order valence-electron chi connectivity index (χ2n) is 4.40. The Morgan fingerprint density at radius 3 is 2.79 bits per heavy atom. The molecular weight excluding hydrogens is 244 g/mol. The molecule has 0 radical (unpaired) electrons. The van der Waals surface area contributed by atoms with Crippen molar-refractivity contribution < 1.29 is 14.4 Å². The molecule has 2 N–H and O–H groups in total. The molecule has 0 aliphatic heterocycles. The molecule has 5 nitrogen and oxygen atoms in total. The Morgan fingerprint density at radius 1 is 1.32 bits per heavy atom. The van der Waals surface area contributed by atoms with Crippen LogP contribution in [0.4, 0.5) is 0 Å². The van der Waals surface area contributed by atoms with Gasteiger partial charge in [-0.05, 0) is 19.1 Å². The summed E-state index contributed by atoms with van der Waals surface area (Å²) in [6, 6.07) is 9.52. The second-order valence-corrected chi connectivity index (χ2v) is 4.40. The summed E-state index contributed by atoms with van der Waals surface area (Å²) in [5.74, 6) is 0.765. The van der Waals surface area contributed by atoms with Crippen LogP contribution in [0.5, 0.6) is 5.75 Å². The number of aliphatic hydroxyl groups is 1. The van der Waals surface area contributed by atoms with Crippen LogP contribution in [0.3, 0.4) is 0 Å². The molecule has 2 aromatic rings. The first kappa shape index (κ1) is 13.6. The Bertz CT molecular complexity index is 468. The van der Waals surface area contributed by atoms with Gasteiger partial charge in [-0.1, -0.05) is 22.9 Å². The zero-order valence-corrected chi connectivity index (χ0v) is 10.9. The molecule has 0 saturated carbocycles. The summed E-state index contributed by atoms with van der Waals surface area (Å²) >= 11 is 0. The molecule has 0 fully saturated rings. The van der Waals surface area contributed by atoms with E-state index in [0.717, 1.165) is 11.4 Å². The number of nitrogens with one attached hydrogen (secondary N) is 1. The van der Waals surface area contributed by atoms with Crippen LogP contribution >= 0.6 is 0 Å². The van der Waals surface area contributed by atoms with Crippen LogP contribution in [0, 0.1) is 6.92 Å². The number of benzene rings is 1. The van der Waals surface area contributed by atoms with E-state index in [1.54, 1.807) is 6.07 Å². The van der Waals surface area contributed by atoms with Crippen LogP contribution in [0.1, 0.15) is 11.3 Å². The van der Waals surface area contributed by atoms with Gasteiger partial charge in [-0.15, -0.1) is 0 Å². The van der Waals surface area contributed by atoms with Gasteiger partial charge in [0.1, 0.15) is 24.7 Å². The normalized spacial score (nSPS) is 12.3. The summed E-state index contributed by atoms with van der Waals surface area (Å²) in [5.41, 5.74) is 1.99. The molecule has 19 heavy (non-hydrogen) atoms. The Hall–Kier alpha value is -1.85. The van der Waals surface area contributed by atoms with E-state index in [2.05, 4.69) is 10.5 Å². The Morgan fingerprint density at radius 2 is 2.11 bits per heavy atom. The highest BCUT2D eigenvalue weighted by Gasteiger charge is 2.05. The van der Waals surface area contributed by atoms with E-state index in [9.17, 15) is 5.11 Å². The molecule has 1 heterocycles. The summed E-state index contributed by atoms with van der Waals surface area (Å²) < 4.78 is 10.2. The lowest BCUT2D eigenvalue weighted by Crippen LogP contribution is -2.31. The average Bonchev–Trinajstić information content (AvgIpc) is 2.91. The van der Waals surface area contributed by atoms with E-state index >= 15 is 0 Å². The lowest BCUT2D eigenvalue weighted by Gasteiger charge is -2.12. The van der Waals surface area contributed by atoms with Crippen LogP contribution in [0.25, 0.3) is 0 Å². The fourth-order valence-corrected chi connectivity index (χ4v) is 1.58. The van der Waals surface area contributed by atoms with Crippen molar-refractivity contribution in [3.05, 3.63) is 47.9 Å². The summed E-state index contributed by atoms with van der Waals surface area (Å²) in [6.07, 6.45) is 0.960. The minimum atomic E-state index is -0.562. The number of hydrogen-bond donors (Lipinski definition) is 2. The van der Waals surface area contributed by atoms with Crippen molar-refractivity contribution in [2.24, 2.45) is 0 Å². The Labute approximate surface area is 112 Å². The van der Waals surface area contributed by atoms with Gasteiger partial charge < -0.3 is 19.7 Å². The maximum Gasteiger partial charge on any atom is 0.124 e. The molecule has 0 bridgehead atoms. The van der Waals surface area contributed by atoms with Crippen LogP contribution < -0.4 is 10.1 Å². The number of aryl methyl sites for hydroxylation is 1. The van der Waals surface area contributed by atoms with Gasteiger partial charge in [0.25, 0.3) is 0 Å². The predicted octanol–water partition coefficient (Wildman–Crippen LogP) is 1.51. The standard InChI is InChI=1S/C14H18N2O3/c1-11-2-4-14(5-3-11)18-10-13(17)9-15-8-12-6-7-19-16-12/h2-7,13,15,17H,8-10H2,1H3. The third-order valence-electron chi connectivity index (χ3n) is 2.64. The summed E-state index contributed by atoms with van der Waals surface area (Å²) in [7, 11) is 0. The van der Waals surface area contributed by atoms with E-state index in [1.165, 1.54) is 11.8 Å². The van der Waals surface area contributed by atoms with Crippen molar-refractivity contribution in [1.82, 2.24) is 10.5 Å². The highest BCUT2D eigenvalue weighted by molar-refractivity contribution is 5.26. The number of nitrogens with zero attached hydrogens (tertiary/aromatic N) is 1. The molecule has 1 aromatic heterocycles. The summed E-state index contributed by atoms with van der Waals surface area (Å²) in [6.45, 7) is 3.29. The summed E-state index contributed by atoms with van der Waals surface area (Å²) in [5, 5.41) is 16.6. The average molecular weight is 262 g/mol. The quantitative estimate of drug-likeness (QED) is 0.791. The third kappa shape index (κ3) is 4.73. The molecule has 5 heteroatoms. The molecule has 0 aliphatic rings. The molecule has 1 atom stereocenters. The highest BCUT2D eigenvalue weighted by Crippen LogP contribution is 2.11. The number of aliphatic hydroxyl groups excluding tert-OH is 1. The molecule has 0 spiro atoms. The minimum Gasteiger partial charge on any atom is -0.491 e. The van der Waals surface area contributed by atoms with Gasteiger partial charge >= 0.3 is 0 Å². The van der Waals surface area contributed by atoms with Crippen molar-refractivity contribution >= 4 is 0 Å². The lowest BCUT2D eigenvalue weighted by atomic mass is 10.2. The zero-order chi connectivity index (χ0) is 13.5. The maximum absolute atomic E-state index is 9.76. The van der Waals surface area contributed by atoms with Gasteiger partial charge in [0.15, 0.2) is 0 Å². The first-order chi connectivity index (χ1) is 9.24.